The first-order valence-corrected chi connectivity index (χ1v) is 5.90. The molecule has 2 heterocycles. The Hall–Kier alpha value is -0.870. The average molecular weight is 223 g/mol. The van der Waals surface area contributed by atoms with Crippen LogP contribution in [0, 0.1) is 11.8 Å². The monoisotopic (exact) mass is 223 g/mol. The minimum Gasteiger partial charge on any atom is -0.375 e. The fraction of sp³-hybridized carbons (Fsp3) is 0.750. The van der Waals surface area contributed by atoms with Gasteiger partial charge >= 0.3 is 0 Å². The third-order valence-electron chi connectivity index (χ3n) is 3.89. The summed E-state index contributed by atoms with van der Waals surface area (Å²) in [5.41, 5.74) is 6.33. The van der Waals surface area contributed by atoms with Gasteiger partial charge in [0.1, 0.15) is 5.82 Å². The first-order chi connectivity index (χ1) is 7.52. The van der Waals surface area contributed by atoms with E-state index in [-0.39, 0.29) is 18.2 Å². The van der Waals surface area contributed by atoms with E-state index in [4.69, 9.17) is 10.5 Å². The Morgan fingerprint density at radius 2 is 2.06 bits per heavy atom. The number of nitrogens with two attached hydrogens (primary N) is 1. The number of nitrogens with zero attached hydrogens (tertiary/aromatic N) is 2. The molecule has 5 unspecified atom stereocenters. The lowest BCUT2D eigenvalue weighted by atomic mass is 9.83. The van der Waals surface area contributed by atoms with E-state index >= 15 is 0 Å². The van der Waals surface area contributed by atoms with Crippen molar-refractivity contribution in [1.82, 2.24) is 9.55 Å². The molecule has 1 aromatic heterocycles. The van der Waals surface area contributed by atoms with Crippen molar-refractivity contribution in [2.24, 2.45) is 24.6 Å². The minimum atomic E-state index is -0.0463. The summed E-state index contributed by atoms with van der Waals surface area (Å²) in [5.74, 6) is 1.76. The summed E-state index contributed by atoms with van der Waals surface area (Å²) in [7, 11) is 1.98. The zero-order chi connectivity index (χ0) is 11.9. The highest BCUT2D eigenvalue weighted by molar-refractivity contribution is 5.04. The fourth-order valence-corrected chi connectivity index (χ4v) is 2.78. The van der Waals surface area contributed by atoms with Gasteiger partial charge in [0.2, 0.25) is 0 Å². The van der Waals surface area contributed by atoms with E-state index in [9.17, 15) is 0 Å². The largest absolute Gasteiger partial charge is 0.375 e. The Bertz CT molecular complexity index is 363. The van der Waals surface area contributed by atoms with Crippen LogP contribution in [0.4, 0.5) is 0 Å². The van der Waals surface area contributed by atoms with E-state index < -0.39 is 0 Å². The molecule has 0 bridgehead atoms. The van der Waals surface area contributed by atoms with Crippen molar-refractivity contribution in [2.45, 2.75) is 39.0 Å². The summed E-state index contributed by atoms with van der Waals surface area (Å²) >= 11 is 0. The lowest BCUT2D eigenvalue weighted by molar-refractivity contribution is 0.0486. The zero-order valence-corrected chi connectivity index (χ0v) is 10.4. The first kappa shape index (κ1) is 11.6. The zero-order valence-electron chi connectivity index (χ0n) is 10.4. The SMILES string of the molecule is CC1OC(C)C(C(N)c2nccn2C)C1C. The molecule has 0 aliphatic carbocycles. The number of ether oxygens (including phenoxy) is 1. The van der Waals surface area contributed by atoms with Crippen molar-refractivity contribution in [2.75, 3.05) is 0 Å². The molecule has 16 heavy (non-hydrogen) atoms. The summed E-state index contributed by atoms with van der Waals surface area (Å²) in [4.78, 5) is 4.34. The quantitative estimate of drug-likeness (QED) is 0.826. The lowest BCUT2D eigenvalue weighted by Crippen LogP contribution is -2.32. The van der Waals surface area contributed by atoms with Gasteiger partial charge in [-0.3, -0.25) is 0 Å². The predicted molar refractivity (Wildman–Crippen MR) is 62.8 cm³/mol. The van der Waals surface area contributed by atoms with Gasteiger partial charge in [0.15, 0.2) is 0 Å². The molecule has 5 atom stereocenters. The third kappa shape index (κ3) is 1.76. The highest BCUT2D eigenvalue weighted by Crippen LogP contribution is 2.38. The van der Waals surface area contributed by atoms with E-state index in [1.165, 1.54) is 0 Å². The molecule has 4 heteroatoms. The van der Waals surface area contributed by atoms with Gasteiger partial charge in [-0.2, -0.15) is 0 Å². The number of aryl methyl sites for hydroxylation is 1. The second-order valence-corrected chi connectivity index (χ2v) is 4.90. The van der Waals surface area contributed by atoms with Gasteiger partial charge in [0.25, 0.3) is 0 Å². The van der Waals surface area contributed by atoms with Crippen LogP contribution in [0.2, 0.25) is 0 Å². The topological polar surface area (TPSA) is 53.1 Å². The van der Waals surface area contributed by atoms with Crippen LogP contribution in [0.5, 0.6) is 0 Å². The summed E-state index contributed by atoms with van der Waals surface area (Å²) < 4.78 is 7.82. The van der Waals surface area contributed by atoms with Crippen molar-refractivity contribution in [3.05, 3.63) is 18.2 Å². The number of aromatic nitrogens is 2. The maximum Gasteiger partial charge on any atom is 0.125 e. The maximum absolute atomic E-state index is 6.33. The van der Waals surface area contributed by atoms with E-state index in [2.05, 4.69) is 25.8 Å². The predicted octanol–water partition coefficient (Wildman–Crippen LogP) is 1.48. The maximum atomic E-state index is 6.33. The number of hydrogen-bond donors (Lipinski definition) is 1. The molecule has 1 saturated heterocycles. The normalized spacial score (nSPS) is 36.6. The molecule has 2 rings (SSSR count). The second kappa shape index (κ2) is 4.18. The molecule has 2 N–H and O–H groups in total. The highest BCUT2D eigenvalue weighted by Gasteiger charge is 2.41. The molecule has 1 fully saturated rings. The Balaban J connectivity index is 2.22. The van der Waals surface area contributed by atoms with Crippen LogP contribution < -0.4 is 5.73 Å². The van der Waals surface area contributed by atoms with Crippen LogP contribution in [-0.4, -0.2) is 21.8 Å². The molecule has 1 aliphatic heterocycles. The summed E-state index contributed by atoms with van der Waals surface area (Å²) in [5, 5.41) is 0. The molecule has 0 aromatic carbocycles. The van der Waals surface area contributed by atoms with Crippen molar-refractivity contribution in [3.8, 4) is 0 Å². The van der Waals surface area contributed by atoms with Gasteiger partial charge in [-0.15, -0.1) is 0 Å². The molecule has 0 radical (unpaired) electrons. The van der Waals surface area contributed by atoms with Crippen molar-refractivity contribution in [1.29, 1.82) is 0 Å². The highest BCUT2D eigenvalue weighted by atomic mass is 16.5. The van der Waals surface area contributed by atoms with Crippen LogP contribution >= 0.6 is 0 Å². The van der Waals surface area contributed by atoms with Crippen LogP contribution in [0.3, 0.4) is 0 Å². The molecule has 0 saturated carbocycles. The molecule has 90 valence electrons. The van der Waals surface area contributed by atoms with Gasteiger partial charge in [-0.05, 0) is 19.8 Å². The van der Waals surface area contributed by atoms with Crippen LogP contribution in [0.25, 0.3) is 0 Å². The van der Waals surface area contributed by atoms with Crippen LogP contribution in [0.1, 0.15) is 32.6 Å². The number of hydrogen-bond acceptors (Lipinski definition) is 3. The third-order valence-corrected chi connectivity index (χ3v) is 3.89. The molecule has 4 nitrogen and oxygen atoms in total. The number of rotatable bonds is 2. The van der Waals surface area contributed by atoms with Gasteiger partial charge in [-0.1, -0.05) is 6.92 Å². The second-order valence-electron chi connectivity index (χ2n) is 4.90. The Morgan fingerprint density at radius 3 is 2.50 bits per heavy atom. The van der Waals surface area contributed by atoms with E-state index in [1.807, 2.05) is 17.8 Å². The Kier molecular flexibility index (Phi) is 3.04. The van der Waals surface area contributed by atoms with Crippen LogP contribution in [-0.2, 0) is 11.8 Å². The van der Waals surface area contributed by atoms with Gasteiger partial charge in [-0.25, -0.2) is 4.98 Å². The molecule has 0 amide bonds. The molecular formula is C12H21N3O. The Morgan fingerprint density at radius 1 is 1.38 bits per heavy atom. The van der Waals surface area contributed by atoms with Gasteiger partial charge in [0, 0.05) is 25.4 Å². The Labute approximate surface area is 96.8 Å². The molecule has 1 aliphatic rings. The van der Waals surface area contributed by atoms with E-state index in [0.29, 0.717) is 11.8 Å². The molecule has 0 spiro atoms. The average Bonchev–Trinajstić information content (AvgIpc) is 2.73. The van der Waals surface area contributed by atoms with Crippen molar-refractivity contribution >= 4 is 0 Å². The smallest absolute Gasteiger partial charge is 0.125 e. The summed E-state index contributed by atoms with van der Waals surface area (Å²) in [6, 6.07) is -0.0463. The molecule has 1 aromatic rings. The lowest BCUT2D eigenvalue weighted by Gasteiger charge is -2.25. The molecular weight excluding hydrogens is 202 g/mol. The van der Waals surface area contributed by atoms with Gasteiger partial charge in [0.05, 0.1) is 18.2 Å². The van der Waals surface area contributed by atoms with E-state index in [1.54, 1.807) is 6.20 Å². The summed E-state index contributed by atoms with van der Waals surface area (Å²) in [6.45, 7) is 6.43. The summed E-state index contributed by atoms with van der Waals surface area (Å²) in [6.07, 6.45) is 4.22. The van der Waals surface area contributed by atoms with E-state index in [0.717, 1.165) is 5.82 Å². The first-order valence-electron chi connectivity index (χ1n) is 5.90. The van der Waals surface area contributed by atoms with Crippen LogP contribution in [0.15, 0.2) is 12.4 Å². The fourth-order valence-electron chi connectivity index (χ4n) is 2.78. The number of imidazole rings is 1. The van der Waals surface area contributed by atoms with Gasteiger partial charge < -0.3 is 15.0 Å². The van der Waals surface area contributed by atoms with Crippen molar-refractivity contribution in [3.63, 3.8) is 0 Å². The minimum absolute atomic E-state index is 0.0463. The standard InChI is InChI=1S/C12H21N3O/c1-7-8(2)16-9(3)10(7)11(13)12-14-5-6-15(12)4/h5-11H,13H2,1-4H3. The van der Waals surface area contributed by atoms with Crippen molar-refractivity contribution < 1.29 is 4.74 Å².